The Balaban J connectivity index is 1.86. The Hall–Kier alpha value is -1.64. The van der Waals surface area contributed by atoms with Crippen molar-refractivity contribution in [2.24, 2.45) is 0 Å². The van der Waals surface area contributed by atoms with Crippen molar-refractivity contribution in [2.75, 3.05) is 6.61 Å². The van der Waals surface area contributed by atoms with E-state index >= 15 is 0 Å². The average molecular weight is 269 g/mol. The largest absolute Gasteiger partial charge is 0.395 e. The molecular weight excluding hydrogens is 246 g/mol. The molecule has 0 heterocycles. The molecule has 2 N–H and O–H groups in total. The van der Waals surface area contributed by atoms with Gasteiger partial charge in [-0.15, -0.1) is 0 Å². The van der Waals surface area contributed by atoms with Crippen molar-refractivity contribution in [3.05, 3.63) is 71.3 Å². The molecule has 0 aromatic heterocycles. The minimum Gasteiger partial charge on any atom is -0.395 e. The molecule has 2 aromatic rings. The Morgan fingerprint density at radius 3 is 2.15 bits per heavy atom. The predicted molar refractivity (Wildman–Crippen MR) is 83.7 cm³/mol. The van der Waals surface area contributed by atoms with Gasteiger partial charge in [0.25, 0.3) is 0 Å². The van der Waals surface area contributed by atoms with Gasteiger partial charge < -0.3 is 10.4 Å². The number of aliphatic hydroxyl groups excluding tert-OH is 1. The summed E-state index contributed by atoms with van der Waals surface area (Å²) in [7, 11) is 0. The van der Waals surface area contributed by atoms with Crippen LogP contribution in [0.5, 0.6) is 0 Å². The fourth-order valence-corrected chi connectivity index (χ4v) is 2.25. The summed E-state index contributed by atoms with van der Waals surface area (Å²) >= 11 is 0. The maximum atomic E-state index is 9.49. The van der Waals surface area contributed by atoms with E-state index in [1.165, 1.54) is 16.7 Å². The van der Waals surface area contributed by atoms with Gasteiger partial charge in [-0.3, -0.25) is 0 Å². The van der Waals surface area contributed by atoms with E-state index in [9.17, 15) is 5.11 Å². The Morgan fingerprint density at radius 1 is 0.900 bits per heavy atom. The van der Waals surface area contributed by atoms with Gasteiger partial charge in [0.1, 0.15) is 0 Å². The Kier molecular flexibility index (Phi) is 5.78. The number of aliphatic hydroxyl groups is 1. The quantitative estimate of drug-likeness (QED) is 0.810. The molecule has 20 heavy (non-hydrogen) atoms. The molecule has 0 saturated carbocycles. The molecule has 2 heteroatoms. The minimum absolute atomic E-state index is 0.100. The van der Waals surface area contributed by atoms with Crippen molar-refractivity contribution >= 4 is 0 Å². The van der Waals surface area contributed by atoms with Crippen LogP contribution >= 0.6 is 0 Å². The SMILES string of the molecule is CCc1ccc(CN[C@@H](CO)Cc2ccccc2)cc1. The number of rotatable bonds is 7. The molecule has 0 unspecified atom stereocenters. The van der Waals surface area contributed by atoms with Gasteiger partial charge in [-0.05, 0) is 29.5 Å². The Labute approximate surface area is 121 Å². The lowest BCUT2D eigenvalue weighted by atomic mass is 10.1. The minimum atomic E-state index is 0.100. The zero-order chi connectivity index (χ0) is 14.2. The third-order valence-electron chi connectivity index (χ3n) is 3.57. The molecule has 0 aliphatic carbocycles. The summed E-state index contributed by atoms with van der Waals surface area (Å²) in [5.74, 6) is 0. The van der Waals surface area contributed by atoms with Crippen LogP contribution in [0.15, 0.2) is 54.6 Å². The summed E-state index contributed by atoms with van der Waals surface area (Å²) in [6.45, 7) is 3.11. The molecule has 0 bridgehead atoms. The number of aryl methyl sites for hydroxylation is 1. The van der Waals surface area contributed by atoms with E-state index in [0.717, 1.165) is 19.4 Å². The van der Waals surface area contributed by atoms with Crippen LogP contribution in [0.1, 0.15) is 23.6 Å². The highest BCUT2D eigenvalue weighted by molar-refractivity contribution is 5.22. The van der Waals surface area contributed by atoms with Gasteiger partial charge in [-0.25, -0.2) is 0 Å². The van der Waals surface area contributed by atoms with E-state index in [-0.39, 0.29) is 12.6 Å². The van der Waals surface area contributed by atoms with E-state index in [0.29, 0.717) is 0 Å². The molecule has 0 spiro atoms. The standard InChI is InChI=1S/C18H23NO/c1-2-15-8-10-17(11-9-15)13-19-18(14-20)12-16-6-4-3-5-7-16/h3-11,18-20H,2,12-14H2,1H3/t18-/m1/s1. The van der Waals surface area contributed by atoms with Crippen LogP contribution in [0.2, 0.25) is 0 Å². The molecule has 0 aliphatic rings. The molecule has 1 atom stereocenters. The summed E-state index contributed by atoms with van der Waals surface area (Å²) in [6.07, 6.45) is 1.92. The summed E-state index contributed by atoms with van der Waals surface area (Å²) in [5, 5.41) is 12.9. The van der Waals surface area contributed by atoms with E-state index in [1.807, 2.05) is 18.2 Å². The molecule has 2 rings (SSSR count). The number of nitrogens with one attached hydrogen (secondary N) is 1. The molecule has 0 saturated heterocycles. The van der Waals surface area contributed by atoms with Crippen LogP contribution in [-0.4, -0.2) is 17.8 Å². The van der Waals surface area contributed by atoms with Crippen molar-refractivity contribution in [3.8, 4) is 0 Å². The Morgan fingerprint density at radius 2 is 1.55 bits per heavy atom. The number of benzene rings is 2. The second-order valence-electron chi connectivity index (χ2n) is 5.12. The predicted octanol–water partition coefficient (Wildman–Crippen LogP) is 2.94. The van der Waals surface area contributed by atoms with Gasteiger partial charge in [0.2, 0.25) is 0 Å². The molecule has 0 aliphatic heterocycles. The molecule has 0 amide bonds. The lowest BCUT2D eigenvalue weighted by molar-refractivity contribution is 0.241. The van der Waals surface area contributed by atoms with Crippen LogP contribution in [0.4, 0.5) is 0 Å². The summed E-state index contributed by atoms with van der Waals surface area (Å²) in [4.78, 5) is 0. The maximum absolute atomic E-state index is 9.49. The van der Waals surface area contributed by atoms with Crippen LogP contribution < -0.4 is 5.32 Å². The van der Waals surface area contributed by atoms with E-state index in [2.05, 4.69) is 48.6 Å². The van der Waals surface area contributed by atoms with Crippen LogP contribution in [0.25, 0.3) is 0 Å². The first-order valence-electron chi connectivity index (χ1n) is 7.27. The molecule has 2 nitrogen and oxygen atoms in total. The van der Waals surface area contributed by atoms with E-state index in [1.54, 1.807) is 0 Å². The third-order valence-corrected chi connectivity index (χ3v) is 3.57. The monoisotopic (exact) mass is 269 g/mol. The first-order valence-corrected chi connectivity index (χ1v) is 7.27. The Bertz CT molecular complexity index is 493. The second-order valence-corrected chi connectivity index (χ2v) is 5.12. The van der Waals surface area contributed by atoms with Crippen molar-refractivity contribution in [1.82, 2.24) is 5.32 Å². The lowest BCUT2D eigenvalue weighted by Gasteiger charge is -2.16. The average Bonchev–Trinajstić information content (AvgIpc) is 2.53. The van der Waals surface area contributed by atoms with Crippen LogP contribution in [-0.2, 0) is 19.4 Å². The van der Waals surface area contributed by atoms with Crippen molar-refractivity contribution in [3.63, 3.8) is 0 Å². The zero-order valence-electron chi connectivity index (χ0n) is 12.0. The highest BCUT2D eigenvalue weighted by Gasteiger charge is 2.07. The van der Waals surface area contributed by atoms with Crippen molar-refractivity contribution in [1.29, 1.82) is 0 Å². The third kappa shape index (κ3) is 4.48. The van der Waals surface area contributed by atoms with E-state index in [4.69, 9.17) is 0 Å². The first kappa shape index (κ1) is 14.8. The van der Waals surface area contributed by atoms with Crippen LogP contribution in [0.3, 0.4) is 0 Å². The van der Waals surface area contributed by atoms with Gasteiger partial charge >= 0.3 is 0 Å². The lowest BCUT2D eigenvalue weighted by Crippen LogP contribution is -2.34. The molecule has 2 aromatic carbocycles. The fourth-order valence-electron chi connectivity index (χ4n) is 2.25. The zero-order valence-corrected chi connectivity index (χ0v) is 12.0. The van der Waals surface area contributed by atoms with Gasteiger partial charge in [0.05, 0.1) is 6.61 Å². The summed E-state index contributed by atoms with van der Waals surface area (Å²) < 4.78 is 0. The van der Waals surface area contributed by atoms with Crippen molar-refractivity contribution in [2.45, 2.75) is 32.4 Å². The topological polar surface area (TPSA) is 32.3 Å². The fraction of sp³-hybridized carbons (Fsp3) is 0.333. The summed E-state index contributed by atoms with van der Waals surface area (Å²) in [5.41, 5.74) is 3.87. The molecule has 0 fully saturated rings. The van der Waals surface area contributed by atoms with Crippen molar-refractivity contribution < 1.29 is 5.11 Å². The van der Waals surface area contributed by atoms with E-state index < -0.39 is 0 Å². The summed E-state index contributed by atoms with van der Waals surface area (Å²) in [6, 6.07) is 19.0. The maximum Gasteiger partial charge on any atom is 0.0587 e. The number of hydrogen-bond donors (Lipinski definition) is 2. The van der Waals surface area contributed by atoms with Crippen LogP contribution in [0, 0.1) is 0 Å². The highest BCUT2D eigenvalue weighted by Crippen LogP contribution is 2.07. The smallest absolute Gasteiger partial charge is 0.0587 e. The number of hydrogen-bond acceptors (Lipinski definition) is 2. The van der Waals surface area contributed by atoms with Gasteiger partial charge in [-0.1, -0.05) is 61.5 Å². The molecule has 106 valence electrons. The van der Waals surface area contributed by atoms with Gasteiger partial charge in [0, 0.05) is 12.6 Å². The second kappa shape index (κ2) is 7.83. The van der Waals surface area contributed by atoms with Gasteiger partial charge in [0.15, 0.2) is 0 Å². The molecule has 0 radical (unpaired) electrons. The molecular formula is C18H23NO. The normalized spacial score (nSPS) is 12.3. The highest BCUT2D eigenvalue weighted by atomic mass is 16.3. The first-order chi connectivity index (χ1) is 9.81. The van der Waals surface area contributed by atoms with Gasteiger partial charge in [-0.2, -0.15) is 0 Å².